The van der Waals surface area contributed by atoms with E-state index in [1.54, 1.807) is 12.1 Å². The third-order valence-electron chi connectivity index (χ3n) is 10.9. The van der Waals surface area contributed by atoms with Crippen molar-refractivity contribution in [2.24, 2.45) is 23.7 Å². The highest BCUT2D eigenvalue weighted by molar-refractivity contribution is 5.48. The van der Waals surface area contributed by atoms with Gasteiger partial charge in [-0.05, 0) is 73.4 Å². The van der Waals surface area contributed by atoms with E-state index in [1.165, 1.54) is 5.56 Å². The standard InChI is InChI=1S/C34H43F3N2O5/c1-22-4-13-29-23(2)30(41-31-33(29)28(22)14-15-32(3,42-31)43-44-33)40-21-25-7-5-24(6-8-25)20-38-16-18-39(19-17-38)27-11-9-26(10-12-27)34(35,36)37/h5-12,22-23,28-31H,4,13-21H2,1-3H3/t22-,23-,28+,29+,30+,31-,32+,33-/m1/s1. The summed E-state index contributed by atoms with van der Waals surface area (Å²) >= 11 is 0. The predicted molar refractivity (Wildman–Crippen MR) is 157 cm³/mol. The molecular weight excluding hydrogens is 573 g/mol. The average molecular weight is 617 g/mol. The third-order valence-corrected chi connectivity index (χ3v) is 10.9. The number of benzene rings is 2. The van der Waals surface area contributed by atoms with Crippen LogP contribution in [0.2, 0.25) is 0 Å². The van der Waals surface area contributed by atoms with Crippen molar-refractivity contribution in [3.05, 3.63) is 65.2 Å². The van der Waals surface area contributed by atoms with Crippen LogP contribution in [0.5, 0.6) is 0 Å². The number of fused-ring (bicyclic) bond motifs is 2. The second-order valence-electron chi connectivity index (χ2n) is 13.7. The minimum absolute atomic E-state index is 0.136. The van der Waals surface area contributed by atoms with Crippen LogP contribution in [0.25, 0.3) is 0 Å². The topological polar surface area (TPSA) is 52.6 Å². The highest BCUT2D eigenvalue weighted by Gasteiger charge is 2.69. The van der Waals surface area contributed by atoms with Crippen molar-refractivity contribution >= 4 is 5.69 Å². The zero-order valence-corrected chi connectivity index (χ0v) is 25.7. The van der Waals surface area contributed by atoms with Crippen LogP contribution < -0.4 is 4.90 Å². The minimum Gasteiger partial charge on any atom is -0.369 e. The zero-order chi connectivity index (χ0) is 30.7. The first-order valence-electron chi connectivity index (χ1n) is 16.1. The fraction of sp³-hybridized carbons (Fsp3) is 0.647. The Bertz CT molecular complexity index is 1300. The summed E-state index contributed by atoms with van der Waals surface area (Å²) in [5.41, 5.74) is 1.94. The molecule has 2 bridgehead atoms. The first-order chi connectivity index (χ1) is 21.0. The van der Waals surface area contributed by atoms with E-state index >= 15 is 0 Å². The summed E-state index contributed by atoms with van der Waals surface area (Å²) in [7, 11) is 0. The van der Waals surface area contributed by atoms with Gasteiger partial charge in [0, 0.05) is 56.7 Å². The molecule has 0 amide bonds. The van der Waals surface area contributed by atoms with E-state index < -0.39 is 35.7 Å². The van der Waals surface area contributed by atoms with E-state index in [1.807, 2.05) is 6.92 Å². The van der Waals surface area contributed by atoms with Crippen LogP contribution in [0.15, 0.2) is 48.5 Å². The molecular formula is C34H43F3N2O5. The molecule has 5 aliphatic heterocycles. The molecule has 1 spiro atoms. The van der Waals surface area contributed by atoms with Gasteiger partial charge in [-0.25, -0.2) is 9.78 Å². The number of rotatable bonds is 6. The molecule has 6 aliphatic rings. The molecule has 2 aromatic rings. The lowest BCUT2D eigenvalue weighted by molar-refractivity contribution is -0.577. The van der Waals surface area contributed by atoms with Crippen LogP contribution in [0.3, 0.4) is 0 Å². The largest absolute Gasteiger partial charge is 0.416 e. The summed E-state index contributed by atoms with van der Waals surface area (Å²) in [4.78, 5) is 16.7. The van der Waals surface area contributed by atoms with Crippen LogP contribution in [-0.2, 0) is 43.3 Å². The van der Waals surface area contributed by atoms with Gasteiger partial charge in [0.2, 0.25) is 5.79 Å². The summed E-state index contributed by atoms with van der Waals surface area (Å²) < 4.78 is 58.1. The summed E-state index contributed by atoms with van der Waals surface area (Å²) in [5, 5.41) is 0. The maximum Gasteiger partial charge on any atom is 0.416 e. The fourth-order valence-corrected chi connectivity index (χ4v) is 8.27. The molecule has 6 fully saturated rings. The Morgan fingerprint density at radius 3 is 2.27 bits per heavy atom. The summed E-state index contributed by atoms with van der Waals surface area (Å²) in [6, 6.07) is 14.0. The number of hydrogen-bond donors (Lipinski definition) is 0. The van der Waals surface area contributed by atoms with E-state index in [0.29, 0.717) is 18.4 Å². The lowest BCUT2D eigenvalue weighted by Crippen LogP contribution is -2.70. The van der Waals surface area contributed by atoms with Crippen LogP contribution >= 0.6 is 0 Å². The lowest BCUT2D eigenvalue weighted by Gasteiger charge is -2.60. The van der Waals surface area contributed by atoms with Gasteiger partial charge in [-0.1, -0.05) is 38.1 Å². The van der Waals surface area contributed by atoms with Gasteiger partial charge in [-0.2, -0.15) is 13.2 Å². The number of nitrogens with zero attached hydrogens (tertiary/aromatic N) is 2. The first-order valence-corrected chi connectivity index (χ1v) is 16.1. The van der Waals surface area contributed by atoms with Crippen LogP contribution in [0, 0.1) is 23.7 Å². The summed E-state index contributed by atoms with van der Waals surface area (Å²) in [6.07, 6.45) is -1.22. The second kappa shape index (κ2) is 11.5. The molecule has 0 aromatic heterocycles. The number of piperazine rings is 1. The Hall–Kier alpha value is -2.21. The zero-order valence-electron chi connectivity index (χ0n) is 25.7. The van der Waals surface area contributed by atoms with E-state index in [2.05, 4.69) is 47.9 Å². The van der Waals surface area contributed by atoms with E-state index in [0.717, 1.165) is 81.8 Å². The van der Waals surface area contributed by atoms with Crippen molar-refractivity contribution in [2.45, 2.75) is 89.8 Å². The molecule has 10 heteroatoms. The van der Waals surface area contributed by atoms with Gasteiger partial charge in [-0.15, -0.1) is 0 Å². The maximum absolute atomic E-state index is 12.9. The molecule has 44 heavy (non-hydrogen) atoms. The van der Waals surface area contributed by atoms with Gasteiger partial charge < -0.3 is 19.1 Å². The number of ether oxygens (including phenoxy) is 3. The van der Waals surface area contributed by atoms with Gasteiger partial charge in [-0.3, -0.25) is 4.90 Å². The molecule has 0 unspecified atom stereocenters. The van der Waals surface area contributed by atoms with Crippen molar-refractivity contribution in [2.75, 3.05) is 31.1 Å². The monoisotopic (exact) mass is 616 g/mol. The number of anilines is 1. The van der Waals surface area contributed by atoms with Crippen LogP contribution in [0.4, 0.5) is 18.9 Å². The second-order valence-corrected chi connectivity index (χ2v) is 13.7. The molecule has 7 nitrogen and oxygen atoms in total. The molecule has 5 heterocycles. The predicted octanol–water partition coefficient (Wildman–Crippen LogP) is 6.75. The Labute approximate surface area is 257 Å². The molecule has 240 valence electrons. The van der Waals surface area contributed by atoms with E-state index in [9.17, 15) is 13.2 Å². The van der Waals surface area contributed by atoms with Gasteiger partial charge in [0.1, 0.15) is 0 Å². The molecule has 1 saturated carbocycles. The van der Waals surface area contributed by atoms with Crippen molar-refractivity contribution in [1.29, 1.82) is 0 Å². The van der Waals surface area contributed by atoms with Crippen molar-refractivity contribution in [3.8, 4) is 0 Å². The Morgan fingerprint density at radius 2 is 1.57 bits per heavy atom. The lowest BCUT2D eigenvalue weighted by atomic mass is 9.58. The summed E-state index contributed by atoms with van der Waals surface area (Å²) in [5.74, 6) is 0.428. The van der Waals surface area contributed by atoms with Gasteiger partial charge in [0.15, 0.2) is 18.2 Å². The molecule has 5 saturated heterocycles. The fourth-order valence-electron chi connectivity index (χ4n) is 8.27. The number of halogens is 3. The number of alkyl halides is 3. The normalized spacial score (nSPS) is 37.5. The Kier molecular flexibility index (Phi) is 7.99. The average Bonchev–Trinajstić information content (AvgIpc) is 3.24. The highest BCUT2D eigenvalue weighted by atomic mass is 19.4. The third kappa shape index (κ3) is 5.56. The van der Waals surface area contributed by atoms with Gasteiger partial charge in [0.25, 0.3) is 0 Å². The first kappa shape index (κ1) is 30.4. The van der Waals surface area contributed by atoms with Crippen molar-refractivity contribution < 1.29 is 37.2 Å². The molecule has 8 atom stereocenters. The molecule has 8 rings (SSSR count). The summed E-state index contributed by atoms with van der Waals surface area (Å²) in [6.45, 7) is 11.0. The van der Waals surface area contributed by atoms with Crippen molar-refractivity contribution in [1.82, 2.24) is 4.90 Å². The minimum atomic E-state index is -4.31. The molecule has 0 radical (unpaired) electrons. The van der Waals surface area contributed by atoms with Crippen molar-refractivity contribution in [3.63, 3.8) is 0 Å². The van der Waals surface area contributed by atoms with E-state index in [4.69, 9.17) is 24.0 Å². The quantitative estimate of drug-likeness (QED) is 0.333. The smallest absolute Gasteiger partial charge is 0.369 e. The number of hydrogen-bond acceptors (Lipinski definition) is 7. The van der Waals surface area contributed by atoms with Gasteiger partial charge in [0.05, 0.1) is 12.2 Å². The molecule has 2 aromatic carbocycles. The highest BCUT2D eigenvalue weighted by Crippen LogP contribution is 2.60. The Balaban J connectivity index is 0.926. The molecule has 0 N–H and O–H groups in total. The maximum atomic E-state index is 12.9. The SMILES string of the molecule is C[C@H]1[C@@H](OCc2ccc(CN3CCN(c4ccc(C(F)(F)F)cc4)CC3)cc2)O[C@@H]2O[C@]3(C)CC[C@H]4[C@H](C)CC[C@@H]1[C@@]24OO3. The van der Waals surface area contributed by atoms with E-state index in [-0.39, 0.29) is 11.8 Å². The molecule has 1 aliphatic carbocycles. The van der Waals surface area contributed by atoms with Crippen LogP contribution in [0.1, 0.15) is 63.1 Å². The van der Waals surface area contributed by atoms with Crippen LogP contribution in [-0.4, -0.2) is 55.0 Å². The Morgan fingerprint density at radius 1 is 0.864 bits per heavy atom. The van der Waals surface area contributed by atoms with Gasteiger partial charge >= 0.3 is 6.18 Å².